The molecule has 1 amide bonds. The van der Waals surface area contributed by atoms with Gasteiger partial charge in [0.1, 0.15) is 16.9 Å². The van der Waals surface area contributed by atoms with Crippen molar-refractivity contribution in [1.82, 2.24) is 10.3 Å². The standard InChI is InChI=1S/C21H18F4N2O4S/c22-19(23)21(24,25)31-14-8-4-5-12(9-14)10-15(27-20(29)30)17(28)16-11-32-18(26-16)13-6-2-1-3-7-13/h1-9,11,15,17,19,27-28H,10H2,(H,29,30)/t15-,17-/m0/s1. The van der Waals surface area contributed by atoms with E-state index in [1.54, 1.807) is 5.38 Å². The van der Waals surface area contributed by atoms with Crippen molar-refractivity contribution in [3.63, 3.8) is 0 Å². The van der Waals surface area contributed by atoms with Crippen LogP contribution < -0.4 is 10.1 Å². The molecule has 6 nitrogen and oxygen atoms in total. The number of aliphatic hydroxyl groups excluding tert-OH is 1. The Labute approximate surface area is 184 Å². The summed E-state index contributed by atoms with van der Waals surface area (Å²) in [6, 6.07) is 13.0. The molecule has 0 spiro atoms. The Morgan fingerprint density at radius 2 is 1.88 bits per heavy atom. The van der Waals surface area contributed by atoms with Crippen molar-refractivity contribution in [2.24, 2.45) is 0 Å². The SMILES string of the molecule is O=C(O)N[C@@H](Cc1cccc(OC(F)(F)C(F)F)c1)[C@H](O)c1csc(-c2ccccc2)n1. The Bertz CT molecular complexity index is 1050. The molecule has 11 heteroatoms. The number of aliphatic hydroxyl groups is 1. The number of aromatic nitrogens is 1. The van der Waals surface area contributed by atoms with E-state index in [1.807, 2.05) is 30.3 Å². The number of nitrogens with zero attached hydrogens (tertiary/aromatic N) is 1. The van der Waals surface area contributed by atoms with Gasteiger partial charge in [0.25, 0.3) is 0 Å². The fraction of sp³-hybridized carbons (Fsp3) is 0.238. The highest BCUT2D eigenvalue weighted by Gasteiger charge is 2.44. The van der Waals surface area contributed by atoms with Gasteiger partial charge in [-0.05, 0) is 24.1 Å². The molecule has 3 N–H and O–H groups in total. The molecule has 0 bridgehead atoms. The summed E-state index contributed by atoms with van der Waals surface area (Å²) in [5.41, 5.74) is 1.33. The minimum absolute atomic E-state index is 0.136. The van der Waals surface area contributed by atoms with Crippen LogP contribution in [0.3, 0.4) is 0 Å². The smallest absolute Gasteiger partial charge is 0.461 e. The van der Waals surface area contributed by atoms with Crippen LogP contribution in [0.1, 0.15) is 17.4 Å². The number of rotatable bonds is 9. The largest absolute Gasteiger partial charge is 0.465 e. The van der Waals surface area contributed by atoms with Crippen molar-refractivity contribution in [2.45, 2.75) is 31.1 Å². The van der Waals surface area contributed by atoms with Gasteiger partial charge in [0.05, 0.1) is 11.7 Å². The Balaban J connectivity index is 1.79. The number of amides is 1. The molecule has 1 heterocycles. The highest BCUT2D eigenvalue weighted by molar-refractivity contribution is 7.13. The molecule has 0 fully saturated rings. The number of ether oxygens (including phenoxy) is 1. The van der Waals surface area contributed by atoms with Gasteiger partial charge in [-0.2, -0.15) is 17.6 Å². The third kappa shape index (κ3) is 5.95. The summed E-state index contributed by atoms with van der Waals surface area (Å²) in [6.45, 7) is 0. The number of benzene rings is 2. The second-order valence-corrected chi connectivity index (χ2v) is 7.62. The van der Waals surface area contributed by atoms with E-state index < -0.39 is 36.5 Å². The number of nitrogens with one attached hydrogen (secondary N) is 1. The molecule has 0 unspecified atom stereocenters. The molecule has 0 aliphatic carbocycles. The first-order chi connectivity index (χ1) is 15.2. The molecule has 2 aromatic carbocycles. The van der Waals surface area contributed by atoms with Gasteiger partial charge in [0.15, 0.2) is 0 Å². The number of hydrogen-bond acceptors (Lipinski definition) is 5. The predicted molar refractivity (Wildman–Crippen MR) is 109 cm³/mol. The molecule has 1 aromatic heterocycles. The number of hydrogen-bond donors (Lipinski definition) is 3. The van der Waals surface area contributed by atoms with Crippen LogP contribution in [0, 0.1) is 0 Å². The first-order valence-electron chi connectivity index (χ1n) is 9.28. The fourth-order valence-electron chi connectivity index (χ4n) is 2.93. The normalized spacial score (nSPS) is 13.6. The van der Waals surface area contributed by atoms with Gasteiger partial charge < -0.3 is 20.3 Å². The lowest BCUT2D eigenvalue weighted by Gasteiger charge is -2.22. The topological polar surface area (TPSA) is 91.7 Å². The van der Waals surface area contributed by atoms with Crippen LogP contribution in [0.15, 0.2) is 60.0 Å². The van der Waals surface area contributed by atoms with Crippen molar-refractivity contribution in [2.75, 3.05) is 0 Å². The van der Waals surface area contributed by atoms with Crippen LogP contribution in [-0.2, 0) is 6.42 Å². The van der Waals surface area contributed by atoms with Crippen molar-refractivity contribution in [1.29, 1.82) is 0 Å². The van der Waals surface area contributed by atoms with E-state index in [4.69, 9.17) is 5.11 Å². The average molecular weight is 470 g/mol. The van der Waals surface area contributed by atoms with Gasteiger partial charge in [-0.25, -0.2) is 9.78 Å². The van der Waals surface area contributed by atoms with Gasteiger partial charge >= 0.3 is 18.6 Å². The van der Waals surface area contributed by atoms with Crippen molar-refractivity contribution in [3.8, 4) is 16.3 Å². The second kappa shape index (κ2) is 9.96. The maximum absolute atomic E-state index is 13.2. The minimum Gasteiger partial charge on any atom is -0.465 e. The van der Waals surface area contributed by atoms with E-state index in [0.29, 0.717) is 5.01 Å². The lowest BCUT2D eigenvalue weighted by Crippen LogP contribution is -2.40. The second-order valence-electron chi connectivity index (χ2n) is 6.76. The van der Waals surface area contributed by atoms with Crippen LogP contribution in [0.25, 0.3) is 10.6 Å². The zero-order valence-corrected chi connectivity index (χ0v) is 17.1. The fourth-order valence-corrected chi connectivity index (χ4v) is 3.79. The van der Waals surface area contributed by atoms with E-state index >= 15 is 0 Å². The van der Waals surface area contributed by atoms with Gasteiger partial charge in [-0.3, -0.25) is 0 Å². The monoisotopic (exact) mass is 470 g/mol. The van der Waals surface area contributed by atoms with E-state index in [9.17, 15) is 27.5 Å². The molecule has 0 saturated carbocycles. The first-order valence-corrected chi connectivity index (χ1v) is 10.2. The Kier molecular flexibility index (Phi) is 7.31. The van der Waals surface area contributed by atoms with Crippen LogP contribution in [0.4, 0.5) is 22.4 Å². The Morgan fingerprint density at radius 1 is 1.16 bits per heavy atom. The van der Waals surface area contributed by atoms with Crippen LogP contribution in [0.5, 0.6) is 5.75 Å². The average Bonchev–Trinajstić information content (AvgIpc) is 3.23. The summed E-state index contributed by atoms with van der Waals surface area (Å²) >= 11 is 1.26. The molecule has 170 valence electrons. The maximum atomic E-state index is 13.2. The Morgan fingerprint density at radius 3 is 2.53 bits per heavy atom. The molecule has 0 saturated heterocycles. The van der Waals surface area contributed by atoms with Crippen LogP contribution in [-0.4, -0.2) is 39.9 Å². The summed E-state index contributed by atoms with van der Waals surface area (Å²) in [5.74, 6) is -0.517. The maximum Gasteiger partial charge on any atom is 0.461 e. The number of carbonyl (C=O) groups is 1. The molecule has 32 heavy (non-hydrogen) atoms. The number of alkyl halides is 4. The quantitative estimate of drug-likeness (QED) is 0.385. The van der Waals surface area contributed by atoms with Crippen LogP contribution >= 0.6 is 11.3 Å². The molecule has 0 aliphatic heterocycles. The third-order valence-corrected chi connectivity index (χ3v) is 5.31. The van der Waals surface area contributed by atoms with Crippen LogP contribution in [0.2, 0.25) is 0 Å². The molecule has 0 aliphatic rings. The van der Waals surface area contributed by atoms with Crippen molar-refractivity contribution < 1.29 is 37.3 Å². The Hall–Kier alpha value is -3.18. The van der Waals surface area contributed by atoms with E-state index in [0.717, 1.165) is 17.7 Å². The highest BCUT2D eigenvalue weighted by Crippen LogP contribution is 2.30. The van der Waals surface area contributed by atoms with Gasteiger partial charge in [-0.1, -0.05) is 42.5 Å². The van der Waals surface area contributed by atoms with E-state index in [-0.39, 0.29) is 17.7 Å². The summed E-state index contributed by atoms with van der Waals surface area (Å²) in [7, 11) is 0. The molecule has 0 radical (unpaired) electrons. The van der Waals surface area contributed by atoms with Crippen molar-refractivity contribution in [3.05, 3.63) is 71.2 Å². The summed E-state index contributed by atoms with van der Waals surface area (Å²) in [6.07, 6.45) is -11.6. The summed E-state index contributed by atoms with van der Waals surface area (Å²) < 4.78 is 55.2. The number of thiazole rings is 1. The lowest BCUT2D eigenvalue weighted by molar-refractivity contribution is -0.253. The summed E-state index contributed by atoms with van der Waals surface area (Å²) in [4.78, 5) is 15.6. The minimum atomic E-state index is -4.68. The molecule has 3 aromatic rings. The number of carboxylic acid groups (broad SMARTS) is 1. The lowest BCUT2D eigenvalue weighted by atomic mass is 9.99. The van der Waals surface area contributed by atoms with Crippen molar-refractivity contribution >= 4 is 17.4 Å². The van der Waals surface area contributed by atoms with E-state index in [1.165, 1.54) is 23.5 Å². The van der Waals surface area contributed by atoms with Gasteiger partial charge in [0, 0.05) is 10.9 Å². The molecule has 2 atom stereocenters. The molecular weight excluding hydrogens is 452 g/mol. The summed E-state index contributed by atoms with van der Waals surface area (Å²) in [5, 5.41) is 24.3. The van der Waals surface area contributed by atoms with Gasteiger partial charge in [0.2, 0.25) is 0 Å². The zero-order chi connectivity index (χ0) is 23.3. The van der Waals surface area contributed by atoms with Gasteiger partial charge in [-0.15, -0.1) is 11.3 Å². The molecular formula is C21H18F4N2O4S. The highest BCUT2D eigenvalue weighted by atomic mass is 32.1. The zero-order valence-electron chi connectivity index (χ0n) is 16.3. The van der Waals surface area contributed by atoms with E-state index in [2.05, 4.69) is 15.0 Å². The molecule has 3 rings (SSSR count). The third-order valence-electron chi connectivity index (χ3n) is 4.40. The first kappa shape index (κ1) is 23.5. The predicted octanol–water partition coefficient (Wildman–Crippen LogP) is 4.96. The number of halogens is 4.